The van der Waals surface area contributed by atoms with Crippen LogP contribution in [0.4, 0.5) is 0 Å². The largest absolute Gasteiger partial charge is 0.508 e. The standard InChI is InChI=1S/C11H16N2O3/c1-12-6-7-13-10(11(15)16)8-4-2-3-5-9(8)14/h2-5,10,12-14H,6-7H2,1H3,(H,15,16). The fourth-order valence-electron chi connectivity index (χ4n) is 1.40. The molecular formula is C11H16N2O3. The number of para-hydroxylation sites is 1. The summed E-state index contributed by atoms with van der Waals surface area (Å²) in [6.07, 6.45) is 0. The molecule has 1 unspecified atom stereocenters. The van der Waals surface area contributed by atoms with Gasteiger partial charge in [0, 0.05) is 18.7 Å². The maximum absolute atomic E-state index is 11.1. The maximum Gasteiger partial charge on any atom is 0.325 e. The molecule has 4 N–H and O–H groups in total. The highest BCUT2D eigenvalue weighted by Crippen LogP contribution is 2.23. The topological polar surface area (TPSA) is 81.6 Å². The second kappa shape index (κ2) is 6.09. The van der Waals surface area contributed by atoms with Crippen LogP contribution in [0.25, 0.3) is 0 Å². The van der Waals surface area contributed by atoms with Crippen molar-refractivity contribution in [3.8, 4) is 5.75 Å². The monoisotopic (exact) mass is 224 g/mol. The molecule has 5 heteroatoms. The molecule has 0 saturated carbocycles. The number of likely N-dealkylation sites (N-methyl/N-ethyl adjacent to an activating group) is 1. The number of benzene rings is 1. The number of aromatic hydroxyl groups is 1. The molecule has 1 atom stereocenters. The Morgan fingerprint density at radius 3 is 2.62 bits per heavy atom. The van der Waals surface area contributed by atoms with E-state index in [1.807, 2.05) is 0 Å². The summed E-state index contributed by atoms with van der Waals surface area (Å²) in [5.74, 6) is -1.01. The lowest BCUT2D eigenvalue weighted by molar-refractivity contribution is -0.139. The van der Waals surface area contributed by atoms with E-state index >= 15 is 0 Å². The molecule has 1 aromatic rings. The van der Waals surface area contributed by atoms with Crippen LogP contribution in [-0.2, 0) is 4.79 Å². The van der Waals surface area contributed by atoms with Crippen molar-refractivity contribution in [3.63, 3.8) is 0 Å². The van der Waals surface area contributed by atoms with Crippen molar-refractivity contribution < 1.29 is 15.0 Å². The Kier molecular flexibility index (Phi) is 4.75. The minimum absolute atomic E-state index is 0.00754. The van der Waals surface area contributed by atoms with Gasteiger partial charge in [-0.2, -0.15) is 0 Å². The van der Waals surface area contributed by atoms with Crippen molar-refractivity contribution >= 4 is 5.97 Å². The third kappa shape index (κ3) is 3.22. The zero-order valence-electron chi connectivity index (χ0n) is 9.10. The second-order valence-corrected chi connectivity index (χ2v) is 3.39. The van der Waals surface area contributed by atoms with Crippen molar-refractivity contribution in [2.24, 2.45) is 0 Å². The highest BCUT2D eigenvalue weighted by molar-refractivity contribution is 5.76. The highest BCUT2D eigenvalue weighted by Gasteiger charge is 2.21. The molecule has 0 bridgehead atoms. The molecule has 0 aliphatic rings. The Balaban J connectivity index is 2.78. The molecule has 0 fully saturated rings. The first-order valence-corrected chi connectivity index (χ1v) is 5.05. The number of carboxylic acids is 1. The van der Waals surface area contributed by atoms with Crippen molar-refractivity contribution in [1.82, 2.24) is 10.6 Å². The van der Waals surface area contributed by atoms with E-state index in [2.05, 4.69) is 10.6 Å². The summed E-state index contributed by atoms with van der Waals surface area (Å²) in [4.78, 5) is 11.1. The number of aliphatic carboxylic acids is 1. The molecule has 0 aliphatic heterocycles. The van der Waals surface area contributed by atoms with Crippen LogP contribution >= 0.6 is 0 Å². The average molecular weight is 224 g/mol. The lowest BCUT2D eigenvalue weighted by Gasteiger charge is -2.15. The van der Waals surface area contributed by atoms with Gasteiger partial charge in [-0.1, -0.05) is 18.2 Å². The lowest BCUT2D eigenvalue weighted by atomic mass is 10.1. The van der Waals surface area contributed by atoms with Gasteiger partial charge in [-0.3, -0.25) is 10.1 Å². The summed E-state index contributed by atoms with van der Waals surface area (Å²) in [7, 11) is 1.79. The van der Waals surface area contributed by atoms with Gasteiger partial charge in [0.25, 0.3) is 0 Å². The SMILES string of the molecule is CNCCNC(C(=O)O)c1ccccc1O. The average Bonchev–Trinajstić information content (AvgIpc) is 2.25. The lowest BCUT2D eigenvalue weighted by Crippen LogP contribution is -2.33. The summed E-state index contributed by atoms with van der Waals surface area (Å²) in [5, 5.41) is 24.4. The number of carboxylic acid groups (broad SMARTS) is 1. The Labute approximate surface area is 94.1 Å². The third-order valence-electron chi connectivity index (χ3n) is 2.22. The third-order valence-corrected chi connectivity index (χ3v) is 2.22. The van der Waals surface area contributed by atoms with E-state index in [1.165, 1.54) is 6.07 Å². The van der Waals surface area contributed by atoms with Gasteiger partial charge >= 0.3 is 5.97 Å². The van der Waals surface area contributed by atoms with Crippen molar-refractivity contribution in [1.29, 1.82) is 0 Å². The van der Waals surface area contributed by atoms with E-state index in [-0.39, 0.29) is 5.75 Å². The van der Waals surface area contributed by atoms with Crippen LogP contribution in [0.2, 0.25) is 0 Å². The summed E-state index contributed by atoms with van der Waals surface area (Å²) in [6, 6.07) is 5.55. The van der Waals surface area contributed by atoms with Crippen molar-refractivity contribution in [2.45, 2.75) is 6.04 Å². The molecule has 0 heterocycles. The number of rotatable bonds is 6. The smallest absolute Gasteiger partial charge is 0.325 e. The number of carbonyl (C=O) groups is 1. The molecule has 0 aromatic heterocycles. The molecule has 16 heavy (non-hydrogen) atoms. The van der Waals surface area contributed by atoms with Gasteiger partial charge < -0.3 is 15.5 Å². The molecule has 0 radical (unpaired) electrons. The van der Waals surface area contributed by atoms with Crippen LogP contribution in [0.15, 0.2) is 24.3 Å². The van der Waals surface area contributed by atoms with E-state index in [1.54, 1.807) is 25.2 Å². The van der Waals surface area contributed by atoms with Gasteiger partial charge in [0.1, 0.15) is 11.8 Å². The van der Waals surface area contributed by atoms with E-state index in [4.69, 9.17) is 5.11 Å². The predicted octanol–water partition coefficient (Wildman–Crippen LogP) is 0.327. The minimum Gasteiger partial charge on any atom is -0.508 e. The first-order chi connectivity index (χ1) is 7.66. The van der Waals surface area contributed by atoms with Crippen LogP contribution in [0, 0.1) is 0 Å². The van der Waals surface area contributed by atoms with E-state index in [0.717, 1.165) is 0 Å². The van der Waals surface area contributed by atoms with Crippen LogP contribution in [0.5, 0.6) is 5.75 Å². The second-order valence-electron chi connectivity index (χ2n) is 3.39. The van der Waals surface area contributed by atoms with Crippen molar-refractivity contribution in [2.75, 3.05) is 20.1 Å². The molecule has 0 spiro atoms. The molecule has 88 valence electrons. The Morgan fingerprint density at radius 1 is 1.38 bits per heavy atom. The first-order valence-electron chi connectivity index (χ1n) is 5.05. The van der Waals surface area contributed by atoms with Gasteiger partial charge in [0.05, 0.1) is 0 Å². The quantitative estimate of drug-likeness (QED) is 0.523. The van der Waals surface area contributed by atoms with Crippen molar-refractivity contribution in [3.05, 3.63) is 29.8 Å². The molecule has 0 amide bonds. The first kappa shape index (κ1) is 12.5. The summed E-state index contributed by atoms with van der Waals surface area (Å²) in [5.41, 5.74) is 0.381. The summed E-state index contributed by atoms with van der Waals surface area (Å²) in [6.45, 7) is 1.18. The normalized spacial score (nSPS) is 12.3. The zero-order chi connectivity index (χ0) is 12.0. The van der Waals surface area contributed by atoms with Gasteiger partial charge in [0.2, 0.25) is 0 Å². The Morgan fingerprint density at radius 2 is 2.06 bits per heavy atom. The fourth-order valence-corrected chi connectivity index (χ4v) is 1.40. The maximum atomic E-state index is 11.1. The number of hydrogen-bond acceptors (Lipinski definition) is 4. The molecule has 0 saturated heterocycles. The van der Waals surface area contributed by atoms with E-state index in [0.29, 0.717) is 18.7 Å². The summed E-state index contributed by atoms with van der Waals surface area (Å²) >= 11 is 0. The number of phenols is 1. The van der Waals surface area contributed by atoms with Gasteiger partial charge in [0.15, 0.2) is 0 Å². The van der Waals surface area contributed by atoms with Crippen LogP contribution < -0.4 is 10.6 Å². The number of hydrogen-bond donors (Lipinski definition) is 4. The fraction of sp³-hybridized carbons (Fsp3) is 0.364. The highest BCUT2D eigenvalue weighted by atomic mass is 16.4. The predicted molar refractivity (Wildman–Crippen MR) is 60.4 cm³/mol. The van der Waals surface area contributed by atoms with Crippen LogP contribution in [0.3, 0.4) is 0 Å². The molecular weight excluding hydrogens is 208 g/mol. The van der Waals surface area contributed by atoms with Crippen LogP contribution in [-0.4, -0.2) is 36.3 Å². The zero-order valence-corrected chi connectivity index (χ0v) is 9.10. The molecule has 0 aliphatic carbocycles. The molecule has 5 nitrogen and oxygen atoms in total. The van der Waals surface area contributed by atoms with Gasteiger partial charge in [-0.05, 0) is 13.1 Å². The van der Waals surface area contributed by atoms with E-state index in [9.17, 15) is 9.90 Å². The number of phenolic OH excluding ortho intramolecular Hbond substituents is 1. The molecule has 1 rings (SSSR count). The summed E-state index contributed by atoms with van der Waals surface area (Å²) < 4.78 is 0. The molecule has 1 aromatic carbocycles. The Bertz CT molecular complexity index is 355. The minimum atomic E-state index is -1.00. The van der Waals surface area contributed by atoms with Crippen LogP contribution in [0.1, 0.15) is 11.6 Å². The van der Waals surface area contributed by atoms with E-state index < -0.39 is 12.0 Å². The number of nitrogens with one attached hydrogen (secondary N) is 2. The van der Waals surface area contributed by atoms with Gasteiger partial charge in [-0.25, -0.2) is 0 Å². The van der Waals surface area contributed by atoms with Gasteiger partial charge in [-0.15, -0.1) is 0 Å². The Hall–Kier alpha value is -1.59.